The monoisotopic (exact) mass is 282 g/mol. The van der Waals surface area contributed by atoms with Crippen molar-refractivity contribution in [1.29, 1.82) is 0 Å². The molecule has 6 heteroatoms. The molecular weight excluding hydrogens is 264 g/mol. The zero-order chi connectivity index (χ0) is 13.7. The molecule has 1 saturated heterocycles. The number of sulfone groups is 1. The highest BCUT2D eigenvalue weighted by molar-refractivity contribution is 7.91. The first-order chi connectivity index (χ1) is 9.05. The number of amides is 1. The van der Waals surface area contributed by atoms with Crippen molar-refractivity contribution in [2.75, 3.05) is 11.5 Å². The highest BCUT2D eigenvalue weighted by Gasteiger charge is 2.24. The maximum Gasteiger partial charge on any atom is 0.220 e. The normalized spacial score (nSPS) is 18.9. The van der Waals surface area contributed by atoms with Gasteiger partial charge in [-0.3, -0.25) is 9.78 Å². The SMILES string of the molecule is O=C(CCc1ccncc1)NC1CCS(=O)(=O)CC1. The van der Waals surface area contributed by atoms with Crippen LogP contribution >= 0.6 is 0 Å². The van der Waals surface area contributed by atoms with Gasteiger partial charge in [0.25, 0.3) is 0 Å². The second kappa shape index (κ2) is 6.14. The summed E-state index contributed by atoms with van der Waals surface area (Å²) in [5, 5.41) is 2.91. The van der Waals surface area contributed by atoms with Gasteiger partial charge in [0, 0.05) is 24.9 Å². The molecule has 0 aliphatic carbocycles. The fourth-order valence-corrected chi connectivity index (χ4v) is 3.63. The predicted octanol–water partition coefficient (Wildman–Crippen LogP) is 0.708. The van der Waals surface area contributed by atoms with Crippen molar-refractivity contribution < 1.29 is 13.2 Å². The quantitative estimate of drug-likeness (QED) is 0.882. The average molecular weight is 282 g/mol. The Kier molecular flexibility index (Phi) is 4.52. The number of aromatic nitrogens is 1. The van der Waals surface area contributed by atoms with E-state index in [0.717, 1.165) is 5.56 Å². The number of carbonyl (C=O) groups is 1. The Morgan fingerprint density at radius 2 is 1.89 bits per heavy atom. The van der Waals surface area contributed by atoms with E-state index in [2.05, 4.69) is 10.3 Å². The van der Waals surface area contributed by atoms with Crippen LogP contribution in [0.3, 0.4) is 0 Å². The summed E-state index contributed by atoms with van der Waals surface area (Å²) < 4.78 is 22.5. The van der Waals surface area contributed by atoms with Gasteiger partial charge < -0.3 is 5.32 Å². The number of carbonyl (C=O) groups excluding carboxylic acids is 1. The number of hydrogen-bond acceptors (Lipinski definition) is 4. The van der Waals surface area contributed by atoms with Crippen LogP contribution in [0.5, 0.6) is 0 Å². The molecule has 0 saturated carbocycles. The number of pyridine rings is 1. The molecule has 0 radical (unpaired) electrons. The zero-order valence-corrected chi connectivity index (χ0v) is 11.5. The first kappa shape index (κ1) is 14.0. The summed E-state index contributed by atoms with van der Waals surface area (Å²) in [5.41, 5.74) is 1.08. The lowest BCUT2D eigenvalue weighted by molar-refractivity contribution is -0.121. The zero-order valence-electron chi connectivity index (χ0n) is 10.7. The van der Waals surface area contributed by atoms with Gasteiger partial charge in [-0.15, -0.1) is 0 Å². The predicted molar refractivity (Wildman–Crippen MR) is 72.4 cm³/mol. The van der Waals surface area contributed by atoms with Gasteiger partial charge in [-0.05, 0) is 37.0 Å². The van der Waals surface area contributed by atoms with E-state index < -0.39 is 9.84 Å². The topological polar surface area (TPSA) is 76.1 Å². The molecule has 1 fully saturated rings. The van der Waals surface area contributed by atoms with Crippen LogP contribution in [0.4, 0.5) is 0 Å². The maximum atomic E-state index is 11.8. The minimum Gasteiger partial charge on any atom is -0.353 e. The van der Waals surface area contributed by atoms with Gasteiger partial charge in [-0.2, -0.15) is 0 Å². The number of rotatable bonds is 4. The van der Waals surface area contributed by atoms with Gasteiger partial charge in [0.15, 0.2) is 0 Å². The minimum absolute atomic E-state index is 0.00784. The highest BCUT2D eigenvalue weighted by atomic mass is 32.2. The minimum atomic E-state index is -2.86. The van der Waals surface area contributed by atoms with E-state index >= 15 is 0 Å². The average Bonchev–Trinajstić information content (AvgIpc) is 2.40. The van der Waals surface area contributed by atoms with Gasteiger partial charge in [-0.1, -0.05) is 0 Å². The molecular formula is C13H18N2O3S. The van der Waals surface area contributed by atoms with Crippen molar-refractivity contribution in [3.05, 3.63) is 30.1 Å². The van der Waals surface area contributed by atoms with Crippen LogP contribution in [-0.2, 0) is 21.1 Å². The van der Waals surface area contributed by atoms with Crippen LogP contribution in [0.25, 0.3) is 0 Å². The number of aryl methyl sites for hydroxylation is 1. The molecule has 2 heterocycles. The lowest BCUT2D eigenvalue weighted by Gasteiger charge is -2.23. The van der Waals surface area contributed by atoms with E-state index in [1.54, 1.807) is 12.4 Å². The summed E-state index contributed by atoms with van der Waals surface area (Å²) in [6.45, 7) is 0. The van der Waals surface area contributed by atoms with Crippen LogP contribution in [0.2, 0.25) is 0 Å². The van der Waals surface area contributed by atoms with Crippen molar-refractivity contribution in [3.8, 4) is 0 Å². The summed E-state index contributed by atoms with van der Waals surface area (Å²) in [6.07, 6.45) is 5.58. The molecule has 0 spiro atoms. The molecule has 5 nitrogen and oxygen atoms in total. The molecule has 1 amide bonds. The van der Waals surface area contributed by atoms with E-state index in [0.29, 0.717) is 25.7 Å². The molecule has 0 atom stereocenters. The van der Waals surface area contributed by atoms with Gasteiger partial charge in [0.05, 0.1) is 11.5 Å². The molecule has 2 rings (SSSR count). The lowest BCUT2D eigenvalue weighted by Crippen LogP contribution is -2.40. The van der Waals surface area contributed by atoms with Crippen molar-refractivity contribution >= 4 is 15.7 Å². The maximum absolute atomic E-state index is 11.8. The Bertz CT molecular complexity index is 514. The molecule has 0 aromatic carbocycles. The summed E-state index contributed by atoms with van der Waals surface area (Å²) in [5.74, 6) is 0.353. The smallest absolute Gasteiger partial charge is 0.220 e. The van der Waals surface area contributed by atoms with Crippen LogP contribution in [-0.4, -0.2) is 36.9 Å². The van der Waals surface area contributed by atoms with E-state index in [-0.39, 0.29) is 23.5 Å². The molecule has 19 heavy (non-hydrogen) atoms. The summed E-state index contributed by atoms with van der Waals surface area (Å²) >= 11 is 0. The number of nitrogens with one attached hydrogen (secondary N) is 1. The molecule has 0 bridgehead atoms. The number of nitrogens with zero attached hydrogens (tertiary/aromatic N) is 1. The second-order valence-electron chi connectivity index (χ2n) is 4.85. The van der Waals surface area contributed by atoms with Gasteiger partial charge in [-0.25, -0.2) is 8.42 Å². The van der Waals surface area contributed by atoms with Crippen LogP contribution in [0.15, 0.2) is 24.5 Å². The Hall–Kier alpha value is -1.43. The van der Waals surface area contributed by atoms with Gasteiger partial charge in [0.1, 0.15) is 9.84 Å². The molecule has 1 aliphatic heterocycles. The van der Waals surface area contributed by atoms with Crippen LogP contribution in [0, 0.1) is 0 Å². The van der Waals surface area contributed by atoms with E-state index in [4.69, 9.17) is 0 Å². The Balaban J connectivity index is 1.73. The second-order valence-corrected chi connectivity index (χ2v) is 7.15. The third-order valence-electron chi connectivity index (χ3n) is 3.31. The highest BCUT2D eigenvalue weighted by Crippen LogP contribution is 2.12. The lowest BCUT2D eigenvalue weighted by atomic mass is 10.1. The fraction of sp³-hybridized carbons (Fsp3) is 0.538. The largest absolute Gasteiger partial charge is 0.353 e. The van der Waals surface area contributed by atoms with Crippen molar-refractivity contribution in [3.63, 3.8) is 0 Å². The molecule has 1 aromatic rings. The number of hydrogen-bond donors (Lipinski definition) is 1. The summed E-state index contributed by atoms with van der Waals surface area (Å²) in [4.78, 5) is 15.7. The Morgan fingerprint density at radius 3 is 2.53 bits per heavy atom. The fourth-order valence-electron chi connectivity index (χ4n) is 2.14. The van der Waals surface area contributed by atoms with E-state index in [1.807, 2.05) is 12.1 Å². The van der Waals surface area contributed by atoms with Crippen LogP contribution < -0.4 is 5.32 Å². The standard InChI is InChI=1S/C13H18N2O3S/c16-13(2-1-11-3-7-14-8-4-11)15-12-5-9-19(17,18)10-6-12/h3-4,7-8,12H,1-2,5-6,9-10H2,(H,15,16). The molecule has 1 aromatic heterocycles. The first-order valence-electron chi connectivity index (χ1n) is 6.44. The first-order valence-corrected chi connectivity index (χ1v) is 8.26. The molecule has 1 N–H and O–H groups in total. The molecule has 1 aliphatic rings. The summed E-state index contributed by atoms with van der Waals surface area (Å²) in [6, 6.07) is 3.79. The third-order valence-corrected chi connectivity index (χ3v) is 5.03. The summed E-state index contributed by atoms with van der Waals surface area (Å²) in [7, 11) is -2.86. The Labute approximate surface area is 113 Å². The van der Waals surface area contributed by atoms with E-state index in [9.17, 15) is 13.2 Å². The molecule has 0 unspecified atom stereocenters. The van der Waals surface area contributed by atoms with E-state index in [1.165, 1.54) is 0 Å². The van der Waals surface area contributed by atoms with Crippen molar-refractivity contribution in [2.24, 2.45) is 0 Å². The van der Waals surface area contributed by atoms with Crippen LogP contribution in [0.1, 0.15) is 24.8 Å². The van der Waals surface area contributed by atoms with Crippen molar-refractivity contribution in [2.45, 2.75) is 31.7 Å². The van der Waals surface area contributed by atoms with Gasteiger partial charge in [0.2, 0.25) is 5.91 Å². The Morgan fingerprint density at radius 1 is 1.26 bits per heavy atom. The third kappa shape index (κ3) is 4.63. The van der Waals surface area contributed by atoms with Crippen molar-refractivity contribution in [1.82, 2.24) is 10.3 Å². The molecule has 104 valence electrons. The van der Waals surface area contributed by atoms with Gasteiger partial charge >= 0.3 is 0 Å².